The monoisotopic (exact) mass is 325 g/mol. The molecule has 0 aliphatic carbocycles. The van der Waals surface area contributed by atoms with Gasteiger partial charge in [0.15, 0.2) is 0 Å². The van der Waals surface area contributed by atoms with E-state index < -0.39 is 0 Å². The van der Waals surface area contributed by atoms with Crippen LogP contribution in [0.2, 0.25) is 0 Å². The average molecular weight is 326 g/mol. The van der Waals surface area contributed by atoms with Crippen molar-refractivity contribution in [3.05, 3.63) is 69.2 Å². The number of hydrogen-bond acceptors (Lipinski definition) is 1. The highest BCUT2D eigenvalue weighted by molar-refractivity contribution is 9.10. The Hall–Kier alpha value is -1.26. The van der Waals surface area contributed by atoms with Gasteiger partial charge < -0.3 is 5.32 Å². The largest absolute Gasteiger partial charge is 0.309 e. The van der Waals surface area contributed by atoms with E-state index in [-0.39, 0.29) is 17.7 Å². The third-order valence-corrected chi connectivity index (χ3v) is 3.72. The molecule has 19 heavy (non-hydrogen) atoms. The van der Waals surface area contributed by atoms with Crippen LogP contribution in [0.25, 0.3) is 0 Å². The zero-order valence-electron chi connectivity index (χ0n) is 10.7. The van der Waals surface area contributed by atoms with Crippen LogP contribution in [0.3, 0.4) is 0 Å². The summed E-state index contributed by atoms with van der Waals surface area (Å²) in [6, 6.07) is 9.66. The molecule has 1 nitrogen and oxygen atoms in total. The molecule has 0 aromatic heterocycles. The fourth-order valence-corrected chi connectivity index (χ4v) is 2.42. The van der Waals surface area contributed by atoms with E-state index in [9.17, 15) is 8.78 Å². The Morgan fingerprint density at radius 2 is 1.89 bits per heavy atom. The molecule has 0 saturated carbocycles. The molecule has 100 valence electrons. The van der Waals surface area contributed by atoms with Gasteiger partial charge in [0.2, 0.25) is 0 Å². The van der Waals surface area contributed by atoms with Gasteiger partial charge in [-0.3, -0.25) is 0 Å². The molecule has 0 radical (unpaired) electrons. The normalized spacial score (nSPS) is 12.5. The van der Waals surface area contributed by atoms with Crippen molar-refractivity contribution in [1.82, 2.24) is 5.32 Å². The maximum Gasteiger partial charge on any atom is 0.142 e. The molecule has 0 bridgehead atoms. The Balaban J connectivity index is 2.50. The first-order valence-corrected chi connectivity index (χ1v) is 6.71. The molecule has 1 unspecified atom stereocenters. The third kappa shape index (κ3) is 2.85. The molecule has 0 amide bonds. The number of nitrogens with one attached hydrogen (secondary N) is 1. The van der Waals surface area contributed by atoms with E-state index in [0.29, 0.717) is 21.2 Å². The first-order valence-electron chi connectivity index (χ1n) is 5.92. The van der Waals surface area contributed by atoms with Crippen molar-refractivity contribution >= 4 is 15.9 Å². The molecule has 2 aromatic rings. The molecule has 1 N–H and O–H groups in total. The van der Waals surface area contributed by atoms with E-state index in [1.807, 2.05) is 0 Å². The molecule has 4 heteroatoms. The quantitative estimate of drug-likeness (QED) is 0.884. The lowest BCUT2D eigenvalue weighted by Crippen LogP contribution is -2.19. The van der Waals surface area contributed by atoms with Crippen LogP contribution >= 0.6 is 15.9 Å². The molecule has 0 heterocycles. The summed E-state index contributed by atoms with van der Waals surface area (Å²) in [6.45, 7) is 1.70. The summed E-state index contributed by atoms with van der Waals surface area (Å²) in [5.74, 6) is -0.615. The van der Waals surface area contributed by atoms with Gasteiger partial charge in [-0.1, -0.05) is 24.3 Å². The zero-order chi connectivity index (χ0) is 14.0. The molecule has 0 aliphatic heterocycles. The summed E-state index contributed by atoms with van der Waals surface area (Å²) >= 11 is 3.17. The standard InChI is InChI=1S/C15H14BrF2N/c1-9-6-7-10(8-13(9)17)15(19-2)11-4-3-5-12(16)14(11)18/h3-8,15,19H,1-2H3. The lowest BCUT2D eigenvalue weighted by atomic mass is 9.97. The van der Waals surface area contributed by atoms with Gasteiger partial charge in [-0.15, -0.1) is 0 Å². The molecule has 2 aromatic carbocycles. The second-order valence-electron chi connectivity index (χ2n) is 4.37. The van der Waals surface area contributed by atoms with Gasteiger partial charge in [0.25, 0.3) is 0 Å². The van der Waals surface area contributed by atoms with Gasteiger partial charge in [-0.05, 0) is 53.2 Å². The fraction of sp³-hybridized carbons (Fsp3) is 0.200. The van der Waals surface area contributed by atoms with Crippen molar-refractivity contribution in [3.8, 4) is 0 Å². The summed E-state index contributed by atoms with van der Waals surface area (Å²) in [4.78, 5) is 0. The number of halogens is 3. The lowest BCUT2D eigenvalue weighted by molar-refractivity contribution is 0.566. The van der Waals surface area contributed by atoms with E-state index in [1.54, 1.807) is 44.3 Å². The second-order valence-corrected chi connectivity index (χ2v) is 5.23. The van der Waals surface area contributed by atoms with Crippen molar-refractivity contribution < 1.29 is 8.78 Å². The first kappa shape index (κ1) is 14.2. The predicted octanol–water partition coefficient (Wildman–Crippen LogP) is 4.34. The van der Waals surface area contributed by atoms with E-state index in [0.717, 1.165) is 0 Å². The third-order valence-electron chi connectivity index (χ3n) is 3.11. The maximum absolute atomic E-state index is 14.1. The summed E-state index contributed by atoms with van der Waals surface area (Å²) < 4.78 is 28.2. The molecule has 0 fully saturated rings. The fourth-order valence-electron chi connectivity index (χ4n) is 2.03. The van der Waals surface area contributed by atoms with Gasteiger partial charge in [0.1, 0.15) is 11.6 Å². The minimum absolute atomic E-state index is 0.284. The average Bonchev–Trinajstić information content (AvgIpc) is 2.39. The Morgan fingerprint density at radius 3 is 2.53 bits per heavy atom. The van der Waals surface area contributed by atoms with Crippen LogP contribution in [0, 0.1) is 18.6 Å². The number of hydrogen-bond donors (Lipinski definition) is 1. The summed E-state index contributed by atoms with van der Waals surface area (Å²) in [6.07, 6.45) is 0. The van der Waals surface area contributed by atoms with Gasteiger partial charge in [-0.2, -0.15) is 0 Å². The Morgan fingerprint density at radius 1 is 1.16 bits per heavy atom. The van der Waals surface area contributed by atoms with Crippen molar-refractivity contribution in [3.63, 3.8) is 0 Å². The van der Waals surface area contributed by atoms with Crippen molar-refractivity contribution in [2.75, 3.05) is 7.05 Å². The van der Waals surface area contributed by atoms with Crippen LogP contribution < -0.4 is 5.32 Å². The molecule has 1 atom stereocenters. The van der Waals surface area contributed by atoms with Gasteiger partial charge in [0.05, 0.1) is 10.5 Å². The van der Waals surface area contributed by atoms with Crippen molar-refractivity contribution in [2.24, 2.45) is 0 Å². The smallest absolute Gasteiger partial charge is 0.142 e. The number of aryl methyl sites for hydroxylation is 1. The van der Waals surface area contributed by atoms with Crippen LogP contribution in [0.15, 0.2) is 40.9 Å². The number of benzene rings is 2. The minimum atomic E-state index is -0.382. The van der Waals surface area contributed by atoms with Crippen LogP contribution in [-0.4, -0.2) is 7.05 Å². The lowest BCUT2D eigenvalue weighted by Gasteiger charge is -2.19. The topological polar surface area (TPSA) is 12.0 Å². The molecule has 0 saturated heterocycles. The Kier molecular flexibility index (Phi) is 4.32. The van der Waals surface area contributed by atoms with E-state index in [2.05, 4.69) is 21.2 Å². The molecule has 0 spiro atoms. The summed E-state index contributed by atoms with van der Waals surface area (Å²) in [5.41, 5.74) is 1.76. The van der Waals surface area contributed by atoms with E-state index >= 15 is 0 Å². The second kappa shape index (κ2) is 5.80. The first-order chi connectivity index (χ1) is 9.04. The van der Waals surface area contributed by atoms with Crippen LogP contribution in [0.5, 0.6) is 0 Å². The van der Waals surface area contributed by atoms with Crippen LogP contribution in [-0.2, 0) is 0 Å². The van der Waals surface area contributed by atoms with Gasteiger partial charge >= 0.3 is 0 Å². The SMILES string of the molecule is CNC(c1ccc(C)c(F)c1)c1cccc(Br)c1F. The Labute approximate surface area is 119 Å². The highest BCUT2D eigenvalue weighted by atomic mass is 79.9. The van der Waals surface area contributed by atoms with Gasteiger partial charge in [-0.25, -0.2) is 8.78 Å². The highest BCUT2D eigenvalue weighted by Crippen LogP contribution is 2.28. The Bertz CT molecular complexity index is 599. The van der Waals surface area contributed by atoms with Crippen LogP contribution in [0.1, 0.15) is 22.7 Å². The molecular formula is C15H14BrF2N. The number of rotatable bonds is 3. The zero-order valence-corrected chi connectivity index (χ0v) is 12.3. The van der Waals surface area contributed by atoms with E-state index in [1.165, 1.54) is 6.07 Å². The maximum atomic E-state index is 14.1. The molecule has 0 aliphatic rings. The van der Waals surface area contributed by atoms with Crippen molar-refractivity contribution in [2.45, 2.75) is 13.0 Å². The molecule has 2 rings (SSSR count). The summed E-state index contributed by atoms with van der Waals surface area (Å²) in [5, 5.41) is 3.02. The van der Waals surface area contributed by atoms with Crippen LogP contribution in [0.4, 0.5) is 8.78 Å². The minimum Gasteiger partial charge on any atom is -0.309 e. The van der Waals surface area contributed by atoms with E-state index in [4.69, 9.17) is 0 Å². The summed E-state index contributed by atoms with van der Waals surface area (Å²) in [7, 11) is 1.72. The van der Waals surface area contributed by atoms with Crippen molar-refractivity contribution in [1.29, 1.82) is 0 Å². The predicted molar refractivity (Wildman–Crippen MR) is 76.1 cm³/mol. The van der Waals surface area contributed by atoms with Gasteiger partial charge in [0, 0.05) is 5.56 Å². The molecular weight excluding hydrogens is 312 g/mol. The highest BCUT2D eigenvalue weighted by Gasteiger charge is 2.18.